The lowest BCUT2D eigenvalue weighted by atomic mass is 9.95. The molecule has 0 saturated carbocycles. The van der Waals surface area contributed by atoms with Crippen LogP contribution in [0.1, 0.15) is 30.4 Å². The van der Waals surface area contributed by atoms with Gasteiger partial charge in [0.1, 0.15) is 6.61 Å². The fraction of sp³-hybridized carbons (Fsp3) is 0.333. The van der Waals surface area contributed by atoms with E-state index in [9.17, 15) is 4.79 Å². The van der Waals surface area contributed by atoms with E-state index in [4.69, 9.17) is 9.47 Å². The minimum absolute atomic E-state index is 0.0805. The summed E-state index contributed by atoms with van der Waals surface area (Å²) in [6.07, 6.45) is 6.44. The van der Waals surface area contributed by atoms with E-state index in [-0.39, 0.29) is 18.2 Å². The lowest BCUT2D eigenvalue weighted by Crippen LogP contribution is -2.43. The highest BCUT2D eigenvalue weighted by atomic mass is 16.6. The zero-order valence-corrected chi connectivity index (χ0v) is 14.8. The van der Waals surface area contributed by atoms with Gasteiger partial charge in [-0.05, 0) is 42.5 Å². The summed E-state index contributed by atoms with van der Waals surface area (Å²) in [5, 5.41) is 0. The van der Waals surface area contributed by atoms with Crippen molar-refractivity contribution in [3.05, 3.63) is 65.9 Å². The number of nitrogens with zero attached hydrogens (tertiary/aromatic N) is 2. The molecule has 0 N–H and O–H groups in total. The Kier molecular flexibility index (Phi) is 4.61. The summed E-state index contributed by atoms with van der Waals surface area (Å²) in [5.41, 5.74) is 3.22. The highest BCUT2D eigenvalue weighted by Crippen LogP contribution is 2.40. The predicted octanol–water partition coefficient (Wildman–Crippen LogP) is 4.05. The van der Waals surface area contributed by atoms with Gasteiger partial charge in [-0.25, -0.2) is 9.78 Å². The van der Waals surface area contributed by atoms with Gasteiger partial charge in [-0.15, -0.1) is 0 Å². The van der Waals surface area contributed by atoms with E-state index < -0.39 is 0 Å². The third kappa shape index (κ3) is 3.17. The Morgan fingerprint density at radius 1 is 1.19 bits per heavy atom. The lowest BCUT2D eigenvalue weighted by molar-refractivity contribution is 0.0832. The molecule has 0 aliphatic carbocycles. The Labute approximate surface area is 153 Å². The fourth-order valence-electron chi connectivity index (χ4n) is 3.91. The van der Waals surface area contributed by atoms with Crippen molar-refractivity contribution in [1.82, 2.24) is 9.88 Å². The Bertz CT molecular complexity index is 819. The summed E-state index contributed by atoms with van der Waals surface area (Å²) < 4.78 is 10.9. The van der Waals surface area contributed by atoms with Crippen molar-refractivity contribution in [2.75, 3.05) is 7.11 Å². The van der Waals surface area contributed by atoms with Gasteiger partial charge in [0.15, 0.2) is 0 Å². The van der Waals surface area contributed by atoms with Gasteiger partial charge >= 0.3 is 6.09 Å². The first-order valence-corrected chi connectivity index (χ1v) is 8.95. The summed E-state index contributed by atoms with van der Waals surface area (Å²) in [7, 11) is 1.64. The molecule has 2 aliphatic heterocycles. The molecule has 2 bridgehead atoms. The normalized spacial score (nSPS) is 21.3. The van der Waals surface area contributed by atoms with Gasteiger partial charge in [0.2, 0.25) is 5.88 Å². The summed E-state index contributed by atoms with van der Waals surface area (Å²) >= 11 is 0. The van der Waals surface area contributed by atoms with Crippen molar-refractivity contribution < 1.29 is 14.3 Å². The first-order chi connectivity index (χ1) is 12.8. The van der Waals surface area contributed by atoms with Gasteiger partial charge in [-0.1, -0.05) is 36.4 Å². The average Bonchev–Trinajstić information content (AvgIpc) is 2.96. The van der Waals surface area contributed by atoms with Crippen molar-refractivity contribution in [2.24, 2.45) is 0 Å². The minimum Gasteiger partial charge on any atom is -0.481 e. The van der Waals surface area contributed by atoms with Crippen molar-refractivity contribution in [2.45, 2.75) is 38.0 Å². The molecule has 1 amide bonds. The number of carbonyl (C=O) groups is 1. The number of methoxy groups -OCH3 is 1. The van der Waals surface area contributed by atoms with E-state index in [2.05, 4.69) is 11.1 Å². The molecule has 2 unspecified atom stereocenters. The number of hydrogen-bond acceptors (Lipinski definition) is 4. The fourth-order valence-corrected chi connectivity index (χ4v) is 3.91. The maximum atomic E-state index is 12.6. The smallest absolute Gasteiger partial charge is 0.410 e. The summed E-state index contributed by atoms with van der Waals surface area (Å²) in [6.45, 7) is 0.308. The molecule has 1 saturated heterocycles. The van der Waals surface area contributed by atoms with Crippen molar-refractivity contribution in [3.63, 3.8) is 0 Å². The molecule has 2 aliphatic rings. The maximum absolute atomic E-state index is 12.6. The maximum Gasteiger partial charge on any atom is 0.410 e. The monoisotopic (exact) mass is 350 g/mol. The second-order valence-corrected chi connectivity index (χ2v) is 6.70. The molecule has 134 valence electrons. The lowest BCUT2D eigenvalue weighted by Gasteiger charge is -2.33. The van der Waals surface area contributed by atoms with Crippen LogP contribution in [0.2, 0.25) is 0 Å². The number of ether oxygens (including phenoxy) is 2. The van der Waals surface area contributed by atoms with E-state index in [0.717, 1.165) is 30.4 Å². The Morgan fingerprint density at radius 2 is 2.04 bits per heavy atom. The van der Waals surface area contributed by atoms with Crippen LogP contribution >= 0.6 is 0 Å². The zero-order valence-electron chi connectivity index (χ0n) is 14.8. The zero-order chi connectivity index (χ0) is 17.9. The molecule has 1 aromatic carbocycles. The highest BCUT2D eigenvalue weighted by Gasteiger charge is 2.41. The number of benzene rings is 1. The Morgan fingerprint density at radius 3 is 2.81 bits per heavy atom. The van der Waals surface area contributed by atoms with Crippen LogP contribution in [-0.4, -0.2) is 35.2 Å². The van der Waals surface area contributed by atoms with Crippen LogP contribution in [0.5, 0.6) is 5.88 Å². The van der Waals surface area contributed by atoms with Crippen LogP contribution in [0, 0.1) is 0 Å². The number of hydrogen-bond donors (Lipinski definition) is 0. The summed E-state index contributed by atoms with van der Waals surface area (Å²) in [4.78, 5) is 18.8. The molecular formula is C21H22N2O3. The SMILES string of the molecule is COc1ncccc1C1=CC2CCC(C1)N2C(=O)OCc1ccccc1. The molecule has 2 atom stereocenters. The molecule has 4 rings (SSSR count). The summed E-state index contributed by atoms with van der Waals surface area (Å²) in [6, 6.07) is 14.0. The number of rotatable bonds is 4. The number of carbonyl (C=O) groups excluding carboxylic acids is 1. The van der Waals surface area contributed by atoms with Gasteiger partial charge in [-0.2, -0.15) is 0 Å². The largest absolute Gasteiger partial charge is 0.481 e. The van der Waals surface area contributed by atoms with Gasteiger partial charge in [0.05, 0.1) is 13.2 Å². The molecule has 1 fully saturated rings. The van der Waals surface area contributed by atoms with Gasteiger partial charge in [0.25, 0.3) is 0 Å². The standard InChI is InChI=1S/C21H22N2O3/c1-25-20-19(8-5-11-22-20)16-12-17-9-10-18(13-16)23(17)21(24)26-14-15-6-3-2-4-7-15/h2-8,11-12,17-18H,9-10,13-14H2,1H3. The van der Waals surface area contributed by atoms with E-state index >= 15 is 0 Å². The number of pyridine rings is 1. The molecule has 26 heavy (non-hydrogen) atoms. The van der Waals surface area contributed by atoms with E-state index in [1.807, 2.05) is 47.4 Å². The van der Waals surface area contributed by atoms with Gasteiger partial charge < -0.3 is 9.47 Å². The number of aromatic nitrogens is 1. The third-order valence-corrected chi connectivity index (χ3v) is 5.12. The molecule has 1 aromatic heterocycles. The van der Waals surface area contributed by atoms with Gasteiger partial charge in [0, 0.05) is 17.8 Å². The van der Waals surface area contributed by atoms with Crippen molar-refractivity contribution in [3.8, 4) is 5.88 Å². The number of fused-ring (bicyclic) bond motifs is 2. The second-order valence-electron chi connectivity index (χ2n) is 6.70. The van der Waals surface area contributed by atoms with Crippen molar-refractivity contribution in [1.29, 1.82) is 0 Å². The second kappa shape index (κ2) is 7.20. The van der Waals surface area contributed by atoms with E-state index in [1.54, 1.807) is 13.3 Å². The van der Waals surface area contributed by atoms with Crippen LogP contribution in [0.4, 0.5) is 4.79 Å². The molecule has 5 nitrogen and oxygen atoms in total. The van der Waals surface area contributed by atoms with E-state index in [0.29, 0.717) is 12.5 Å². The molecular weight excluding hydrogens is 328 g/mol. The average molecular weight is 350 g/mol. The molecule has 5 heteroatoms. The Hall–Kier alpha value is -2.82. The predicted molar refractivity (Wildman–Crippen MR) is 98.7 cm³/mol. The minimum atomic E-state index is -0.227. The topological polar surface area (TPSA) is 51.7 Å². The van der Waals surface area contributed by atoms with Crippen LogP contribution in [-0.2, 0) is 11.3 Å². The van der Waals surface area contributed by atoms with Crippen LogP contribution in [0.25, 0.3) is 5.57 Å². The Balaban J connectivity index is 1.49. The first-order valence-electron chi connectivity index (χ1n) is 8.95. The first kappa shape index (κ1) is 16.6. The molecule has 3 heterocycles. The van der Waals surface area contributed by atoms with Crippen LogP contribution in [0.15, 0.2) is 54.7 Å². The number of amides is 1. The summed E-state index contributed by atoms with van der Waals surface area (Å²) in [5.74, 6) is 0.637. The third-order valence-electron chi connectivity index (χ3n) is 5.12. The molecule has 0 radical (unpaired) electrons. The highest BCUT2D eigenvalue weighted by molar-refractivity contribution is 5.76. The van der Waals surface area contributed by atoms with E-state index in [1.165, 1.54) is 5.57 Å². The molecule has 0 spiro atoms. The van der Waals surface area contributed by atoms with Crippen molar-refractivity contribution >= 4 is 11.7 Å². The van der Waals surface area contributed by atoms with Gasteiger partial charge in [-0.3, -0.25) is 4.90 Å². The molecule has 2 aromatic rings. The quantitative estimate of drug-likeness (QED) is 0.835. The van der Waals surface area contributed by atoms with Crippen LogP contribution in [0.3, 0.4) is 0 Å². The van der Waals surface area contributed by atoms with Crippen LogP contribution < -0.4 is 4.74 Å².